The van der Waals surface area contributed by atoms with Crippen LogP contribution in [0.2, 0.25) is 0 Å². The molecule has 0 nitrogen and oxygen atoms in total. The minimum Gasteiger partial charge on any atom is -0.358 e. The quantitative estimate of drug-likeness (QED) is 0.418. The Morgan fingerprint density at radius 2 is 0.583 bits per heavy atom. The zero-order chi connectivity index (χ0) is 9.41. The van der Waals surface area contributed by atoms with E-state index in [4.69, 9.17) is 0 Å². The second-order valence-electron chi connectivity index (χ2n) is 1.41. The average Bonchev–Trinajstić information content (AvgIpc) is 1.99. The molecule has 0 radical (unpaired) electrons. The maximum atomic E-state index is 2.12. The fourth-order valence-corrected chi connectivity index (χ4v) is 0. The fraction of sp³-hybridized carbons (Fsp3) is 0.909. The molecule has 0 rings (SSSR count). The standard InChI is InChI=1S/2C3H8.2C2H6.CH3.K/c2*1-3-2;2*1-2;;/h2*3H2,1-2H3;2*1-2H3;1H3;/q;;;;-1;+1. The Labute approximate surface area is 125 Å². The first-order valence-corrected chi connectivity index (χ1v) is 4.83. The Balaban J connectivity index is -0.00000000967. The maximum Gasteiger partial charge on any atom is 1.00 e. The van der Waals surface area contributed by atoms with Crippen molar-refractivity contribution < 1.29 is 51.4 Å². The van der Waals surface area contributed by atoms with Gasteiger partial charge in [-0.05, 0) is 0 Å². The molecule has 0 aliphatic carbocycles. The molecule has 0 aromatic carbocycles. The van der Waals surface area contributed by atoms with Crippen molar-refractivity contribution in [2.75, 3.05) is 0 Å². The second kappa shape index (κ2) is 129. The molecule has 0 saturated heterocycles. The molecule has 76 valence electrons. The minimum absolute atomic E-state index is 0. The summed E-state index contributed by atoms with van der Waals surface area (Å²) in [6, 6.07) is 0. The van der Waals surface area contributed by atoms with E-state index < -0.39 is 0 Å². The fourth-order valence-electron chi connectivity index (χ4n) is 0. The van der Waals surface area contributed by atoms with Crippen molar-refractivity contribution in [3.05, 3.63) is 7.43 Å². The third-order valence-electron chi connectivity index (χ3n) is 0. The number of hydrogen-bond acceptors (Lipinski definition) is 0. The molecule has 0 unspecified atom stereocenters. The van der Waals surface area contributed by atoms with E-state index in [0.29, 0.717) is 0 Å². The molecular weight excluding hydrogens is 171 g/mol. The van der Waals surface area contributed by atoms with Crippen LogP contribution in [0.3, 0.4) is 0 Å². The molecule has 1 heteroatoms. The third kappa shape index (κ3) is 492. The van der Waals surface area contributed by atoms with E-state index in [9.17, 15) is 0 Å². The first-order valence-electron chi connectivity index (χ1n) is 4.83. The smallest absolute Gasteiger partial charge is 0.358 e. The average molecular weight is 202 g/mol. The summed E-state index contributed by atoms with van der Waals surface area (Å²) in [4.78, 5) is 0. The molecule has 0 aliphatic heterocycles. The van der Waals surface area contributed by atoms with Crippen molar-refractivity contribution in [2.45, 2.75) is 68.2 Å². The van der Waals surface area contributed by atoms with Crippen LogP contribution >= 0.6 is 0 Å². The number of rotatable bonds is 0. The Bertz CT molecular complexity index is 6.97. The van der Waals surface area contributed by atoms with Crippen LogP contribution in [-0.4, -0.2) is 0 Å². The van der Waals surface area contributed by atoms with Gasteiger partial charge in [0.1, 0.15) is 0 Å². The van der Waals surface area contributed by atoms with E-state index in [1.807, 2.05) is 27.7 Å². The van der Waals surface area contributed by atoms with Crippen LogP contribution < -0.4 is 51.4 Å². The van der Waals surface area contributed by atoms with Gasteiger partial charge in [0, 0.05) is 0 Å². The summed E-state index contributed by atoms with van der Waals surface area (Å²) in [5.41, 5.74) is 0. The molecule has 0 fully saturated rings. The topological polar surface area (TPSA) is 0 Å². The van der Waals surface area contributed by atoms with E-state index in [-0.39, 0.29) is 58.8 Å². The van der Waals surface area contributed by atoms with Crippen LogP contribution in [0, 0.1) is 7.43 Å². The summed E-state index contributed by atoms with van der Waals surface area (Å²) in [6.45, 7) is 16.5. The second-order valence-corrected chi connectivity index (χ2v) is 1.41. The molecule has 0 heterocycles. The van der Waals surface area contributed by atoms with Crippen molar-refractivity contribution in [1.29, 1.82) is 0 Å². The maximum absolute atomic E-state index is 2.12. The summed E-state index contributed by atoms with van der Waals surface area (Å²) < 4.78 is 0. The van der Waals surface area contributed by atoms with Gasteiger partial charge in [-0.15, -0.1) is 0 Å². The van der Waals surface area contributed by atoms with Crippen molar-refractivity contribution in [1.82, 2.24) is 0 Å². The molecule has 0 spiro atoms. The molecule has 0 aromatic rings. The summed E-state index contributed by atoms with van der Waals surface area (Å²) in [5.74, 6) is 0. The van der Waals surface area contributed by atoms with E-state index in [1.165, 1.54) is 12.8 Å². The van der Waals surface area contributed by atoms with Crippen LogP contribution in [0.1, 0.15) is 68.2 Å². The summed E-state index contributed by atoms with van der Waals surface area (Å²) >= 11 is 0. The Hall–Kier alpha value is 1.64. The Kier molecular flexibility index (Phi) is 403. The van der Waals surface area contributed by atoms with Gasteiger partial charge < -0.3 is 7.43 Å². The normalized spacial score (nSPS) is 4.00. The molecule has 0 amide bonds. The third-order valence-corrected chi connectivity index (χ3v) is 0. The molecular formula is C11H31K. The molecule has 0 N–H and O–H groups in total. The van der Waals surface area contributed by atoms with Crippen LogP contribution in [0.5, 0.6) is 0 Å². The van der Waals surface area contributed by atoms with Crippen LogP contribution in [0.4, 0.5) is 0 Å². The van der Waals surface area contributed by atoms with Gasteiger partial charge in [0.2, 0.25) is 0 Å². The van der Waals surface area contributed by atoms with E-state index in [2.05, 4.69) is 27.7 Å². The van der Waals surface area contributed by atoms with Gasteiger partial charge in [-0.3, -0.25) is 0 Å². The Morgan fingerprint density at radius 1 is 0.583 bits per heavy atom. The van der Waals surface area contributed by atoms with Gasteiger partial charge >= 0.3 is 51.4 Å². The molecule has 0 bridgehead atoms. The SMILES string of the molecule is CC.CC.CCC.CCC.[CH3-].[K+]. The molecule has 12 heavy (non-hydrogen) atoms. The number of hydrogen-bond donors (Lipinski definition) is 0. The molecule has 0 saturated carbocycles. The van der Waals surface area contributed by atoms with Gasteiger partial charge in [0.05, 0.1) is 0 Å². The summed E-state index contributed by atoms with van der Waals surface area (Å²) in [5, 5.41) is 0. The first kappa shape index (κ1) is 37.3. The van der Waals surface area contributed by atoms with E-state index >= 15 is 0 Å². The van der Waals surface area contributed by atoms with Gasteiger partial charge in [-0.2, -0.15) is 0 Å². The zero-order valence-electron chi connectivity index (χ0n) is 11.4. The minimum atomic E-state index is 0. The monoisotopic (exact) mass is 202 g/mol. The predicted octanol–water partition coefficient (Wildman–Crippen LogP) is 2.34. The van der Waals surface area contributed by atoms with Crippen LogP contribution in [-0.2, 0) is 0 Å². The molecule has 0 aromatic heterocycles. The Morgan fingerprint density at radius 3 is 0.583 bits per heavy atom. The summed E-state index contributed by atoms with van der Waals surface area (Å²) in [6.07, 6.45) is 2.50. The van der Waals surface area contributed by atoms with E-state index in [1.54, 1.807) is 0 Å². The molecule has 0 atom stereocenters. The van der Waals surface area contributed by atoms with E-state index in [0.717, 1.165) is 0 Å². The first-order chi connectivity index (χ1) is 4.83. The zero-order valence-corrected chi connectivity index (χ0v) is 14.5. The van der Waals surface area contributed by atoms with Crippen molar-refractivity contribution in [3.63, 3.8) is 0 Å². The van der Waals surface area contributed by atoms with Crippen LogP contribution in [0.15, 0.2) is 0 Å². The van der Waals surface area contributed by atoms with Gasteiger partial charge in [-0.1, -0.05) is 68.2 Å². The van der Waals surface area contributed by atoms with Gasteiger partial charge in [0.15, 0.2) is 0 Å². The van der Waals surface area contributed by atoms with Crippen molar-refractivity contribution >= 4 is 0 Å². The largest absolute Gasteiger partial charge is 1.00 e. The predicted molar refractivity (Wildman–Crippen MR) is 61.0 cm³/mol. The van der Waals surface area contributed by atoms with Crippen molar-refractivity contribution in [3.8, 4) is 0 Å². The van der Waals surface area contributed by atoms with Crippen molar-refractivity contribution in [2.24, 2.45) is 0 Å². The molecule has 0 aliphatic rings. The van der Waals surface area contributed by atoms with Gasteiger partial charge in [0.25, 0.3) is 0 Å². The summed E-state index contributed by atoms with van der Waals surface area (Å²) in [7, 11) is 0. The van der Waals surface area contributed by atoms with Gasteiger partial charge in [-0.25, -0.2) is 0 Å². The van der Waals surface area contributed by atoms with Crippen LogP contribution in [0.25, 0.3) is 0 Å².